The Balaban J connectivity index is 1.78. The van der Waals surface area contributed by atoms with E-state index < -0.39 is 18.3 Å². The van der Waals surface area contributed by atoms with Gasteiger partial charge in [0.2, 0.25) is 0 Å². The molecule has 1 heterocycles. The second-order valence-corrected chi connectivity index (χ2v) is 4.09. The monoisotopic (exact) mass is 239 g/mol. The van der Waals surface area contributed by atoms with Gasteiger partial charge in [0, 0.05) is 0 Å². The van der Waals surface area contributed by atoms with E-state index in [1.54, 1.807) is 0 Å². The van der Waals surface area contributed by atoms with Crippen molar-refractivity contribution < 1.29 is 18.7 Å². The van der Waals surface area contributed by atoms with E-state index in [0.29, 0.717) is 0 Å². The summed E-state index contributed by atoms with van der Waals surface area (Å²) in [4.78, 5) is 11.4. The van der Waals surface area contributed by atoms with E-state index in [-0.39, 0.29) is 19.8 Å². The average Bonchev–Trinajstić information content (AvgIpc) is 2.33. The Hall–Kier alpha value is -1.62. The maximum Gasteiger partial charge on any atom is 0.408 e. The van der Waals surface area contributed by atoms with Crippen LogP contribution in [0.1, 0.15) is 5.56 Å². The maximum absolute atomic E-state index is 12.7. The first kappa shape index (κ1) is 11.9. The Morgan fingerprint density at radius 1 is 1.41 bits per heavy atom. The lowest BCUT2D eigenvalue weighted by molar-refractivity contribution is -0.0818. The zero-order chi connectivity index (χ0) is 12.1. The number of nitrogens with one attached hydrogen (secondary N) is 1. The number of rotatable bonds is 4. The predicted octanol–water partition coefficient (Wildman–Crippen LogP) is 1.65. The highest BCUT2D eigenvalue weighted by molar-refractivity contribution is 5.68. The van der Waals surface area contributed by atoms with Crippen LogP contribution >= 0.6 is 0 Å². The Morgan fingerprint density at radius 2 is 2.12 bits per heavy atom. The first-order valence-corrected chi connectivity index (χ1v) is 5.37. The van der Waals surface area contributed by atoms with E-state index in [1.807, 2.05) is 30.3 Å². The molecule has 1 aromatic carbocycles. The summed E-state index contributed by atoms with van der Waals surface area (Å²) in [5, 5.41) is 2.49. The minimum absolute atomic E-state index is 0.176. The van der Waals surface area contributed by atoms with Crippen LogP contribution in [0, 0.1) is 0 Å². The number of amides is 1. The van der Waals surface area contributed by atoms with Gasteiger partial charge in [-0.25, -0.2) is 9.18 Å². The van der Waals surface area contributed by atoms with Crippen LogP contribution in [0.3, 0.4) is 0 Å². The molecule has 0 radical (unpaired) electrons. The molecule has 1 N–H and O–H groups in total. The standard InChI is InChI=1S/C12H14FNO3/c13-7-12(8-16-9-12)14-11(15)17-6-10-4-2-1-3-5-10/h1-5H,6-9H2,(H,14,15). The van der Waals surface area contributed by atoms with Crippen molar-refractivity contribution in [3.63, 3.8) is 0 Å². The van der Waals surface area contributed by atoms with Crippen molar-refractivity contribution in [2.75, 3.05) is 19.9 Å². The smallest absolute Gasteiger partial charge is 0.408 e. The predicted molar refractivity (Wildman–Crippen MR) is 59.3 cm³/mol. The molecule has 1 aliphatic rings. The first-order valence-electron chi connectivity index (χ1n) is 5.37. The number of halogens is 1. The van der Waals surface area contributed by atoms with E-state index in [1.165, 1.54) is 0 Å². The summed E-state index contributed by atoms with van der Waals surface area (Å²) in [6, 6.07) is 9.31. The van der Waals surface area contributed by atoms with Crippen molar-refractivity contribution in [1.29, 1.82) is 0 Å². The lowest BCUT2D eigenvalue weighted by Gasteiger charge is -2.39. The molecule has 0 bridgehead atoms. The van der Waals surface area contributed by atoms with Gasteiger partial charge in [0.25, 0.3) is 0 Å². The van der Waals surface area contributed by atoms with Crippen LogP contribution < -0.4 is 5.32 Å². The molecule has 0 spiro atoms. The van der Waals surface area contributed by atoms with Crippen LogP contribution in [0.2, 0.25) is 0 Å². The van der Waals surface area contributed by atoms with Crippen molar-refractivity contribution in [3.8, 4) is 0 Å². The highest BCUT2D eigenvalue weighted by atomic mass is 19.1. The second-order valence-electron chi connectivity index (χ2n) is 4.09. The van der Waals surface area contributed by atoms with Crippen molar-refractivity contribution in [2.45, 2.75) is 12.1 Å². The lowest BCUT2D eigenvalue weighted by atomic mass is 10.0. The third-order valence-corrected chi connectivity index (χ3v) is 2.59. The van der Waals surface area contributed by atoms with Gasteiger partial charge in [0.1, 0.15) is 18.8 Å². The molecule has 1 aliphatic heterocycles. The highest BCUT2D eigenvalue weighted by Gasteiger charge is 2.40. The molecule has 4 nitrogen and oxygen atoms in total. The van der Waals surface area contributed by atoms with Gasteiger partial charge < -0.3 is 14.8 Å². The number of ether oxygens (including phenoxy) is 2. The Morgan fingerprint density at radius 3 is 2.65 bits per heavy atom. The molecule has 1 aromatic rings. The number of alkyl carbamates (subject to hydrolysis) is 1. The van der Waals surface area contributed by atoms with Gasteiger partial charge >= 0.3 is 6.09 Å². The quantitative estimate of drug-likeness (QED) is 0.869. The van der Waals surface area contributed by atoms with E-state index in [0.717, 1.165) is 5.56 Å². The van der Waals surface area contributed by atoms with Crippen LogP contribution in [0.4, 0.5) is 9.18 Å². The summed E-state index contributed by atoms with van der Waals surface area (Å²) in [6.07, 6.45) is -0.616. The van der Waals surface area contributed by atoms with Crippen molar-refractivity contribution in [1.82, 2.24) is 5.32 Å². The lowest BCUT2D eigenvalue weighted by Crippen LogP contribution is -2.63. The first-order chi connectivity index (χ1) is 8.24. The number of hydrogen-bond acceptors (Lipinski definition) is 3. The third-order valence-electron chi connectivity index (χ3n) is 2.59. The minimum atomic E-state index is -0.881. The van der Waals surface area contributed by atoms with Gasteiger partial charge in [-0.2, -0.15) is 0 Å². The number of carbonyl (C=O) groups excluding carboxylic acids is 1. The number of benzene rings is 1. The van der Waals surface area contributed by atoms with Crippen molar-refractivity contribution in [2.24, 2.45) is 0 Å². The molecule has 17 heavy (non-hydrogen) atoms. The molecule has 0 saturated carbocycles. The van der Waals surface area contributed by atoms with Gasteiger partial charge in [-0.15, -0.1) is 0 Å². The second kappa shape index (κ2) is 5.14. The highest BCUT2D eigenvalue weighted by Crippen LogP contribution is 2.17. The van der Waals surface area contributed by atoms with E-state index in [9.17, 15) is 9.18 Å². The van der Waals surface area contributed by atoms with Crippen LogP contribution in [0.5, 0.6) is 0 Å². The number of alkyl halides is 1. The molecule has 2 rings (SSSR count). The molecule has 0 atom stereocenters. The molecule has 92 valence electrons. The summed E-state index contributed by atoms with van der Waals surface area (Å²) < 4.78 is 22.5. The topological polar surface area (TPSA) is 47.6 Å². The molecule has 0 unspecified atom stereocenters. The summed E-state index contributed by atoms with van der Waals surface area (Å²) in [6.45, 7) is -0.0722. The van der Waals surface area contributed by atoms with Crippen LogP contribution in [-0.2, 0) is 16.1 Å². The van der Waals surface area contributed by atoms with Gasteiger partial charge in [-0.05, 0) is 5.56 Å². The Bertz CT molecular complexity index is 373. The molecule has 1 amide bonds. The summed E-state index contributed by atoms with van der Waals surface area (Å²) in [5.74, 6) is 0. The summed E-state index contributed by atoms with van der Waals surface area (Å²) >= 11 is 0. The fourth-order valence-corrected chi connectivity index (χ4v) is 1.51. The van der Waals surface area contributed by atoms with Crippen LogP contribution in [0.25, 0.3) is 0 Å². The third kappa shape index (κ3) is 2.94. The van der Waals surface area contributed by atoms with Gasteiger partial charge in [0.05, 0.1) is 13.2 Å². The average molecular weight is 239 g/mol. The molecule has 5 heteroatoms. The molecule has 1 fully saturated rings. The SMILES string of the molecule is O=C(NC1(CF)COC1)OCc1ccccc1. The molecular formula is C12H14FNO3. The van der Waals surface area contributed by atoms with E-state index in [4.69, 9.17) is 9.47 Å². The van der Waals surface area contributed by atoms with E-state index in [2.05, 4.69) is 5.32 Å². The largest absolute Gasteiger partial charge is 0.445 e. The summed E-state index contributed by atoms with van der Waals surface area (Å²) in [7, 11) is 0. The van der Waals surface area contributed by atoms with Gasteiger partial charge in [0.15, 0.2) is 0 Å². The fourth-order valence-electron chi connectivity index (χ4n) is 1.51. The van der Waals surface area contributed by atoms with Crippen molar-refractivity contribution >= 4 is 6.09 Å². The normalized spacial score (nSPS) is 17.0. The zero-order valence-electron chi connectivity index (χ0n) is 9.32. The molecule has 0 aliphatic carbocycles. The molecule has 0 aromatic heterocycles. The van der Waals surface area contributed by atoms with Gasteiger partial charge in [-0.1, -0.05) is 30.3 Å². The molecular weight excluding hydrogens is 225 g/mol. The van der Waals surface area contributed by atoms with Crippen LogP contribution in [0.15, 0.2) is 30.3 Å². The van der Waals surface area contributed by atoms with E-state index >= 15 is 0 Å². The van der Waals surface area contributed by atoms with Crippen molar-refractivity contribution in [3.05, 3.63) is 35.9 Å². The molecule has 1 saturated heterocycles. The summed E-state index contributed by atoms with van der Waals surface area (Å²) in [5.41, 5.74) is 0.00938. The Kier molecular flexibility index (Phi) is 3.58. The fraction of sp³-hybridized carbons (Fsp3) is 0.417. The van der Waals surface area contributed by atoms with Gasteiger partial charge in [-0.3, -0.25) is 0 Å². The Labute approximate surface area is 98.7 Å². The maximum atomic E-state index is 12.7. The number of carbonyl (C=O) groups is 1. The number of hydrogen-bond donors (Lipinski definition) is 1. The van der Waals surface area contributed by atoms with Crippen LogP contribution in [-0.4, -0.2) is 31.5 Å². The minimum Gasteiger partial charge on any atom is -0.445 e. The zero-order valence-corrected chi connectivity index (χ0v) is 9.32.